The highest BCUT2D eigenvalue weighted by molar-refractivity contribution is 7.22. The molecule has 4 heterocycles. The van der Waals surface area contributed by atoms with Gasteiger partial charge < -0.3 is 14.8 Å². The van der Waals surface area contributed by atoms with Crippen molar-refractivity contribution >= 4 is 107 Å². The first-order valence-electron chi connectivity index (χ1n) is 9.62. The Hall–Kier alpha value is -1.85. The number of anilines is 1. The van der Waals surface area contributed by atoms with Gasteiger partial charge in [-0.3, -0.25) is 0 Å². The monoisotopic (exact) mass is 607 g/mol. The van der Waals surface area contributed by atoms with Crippen LogP contribution in [0, 0.1) is 0 Å². The Morgan fingerprint density at radius 2 is 1.34 bits per heavy atom. The Morgan fingerprint density at radius 1 is 0.743 bits per heavy atom. The van der Waals surface area contributed by atoms with Crippen LogP contribution in [0.3, 0.4) is 0 Å². The number of aromatic nitrogens is 4. The molecule has 35 heavy (non-hydrogen) atoms. The van der Waals surface area contributed by atoms with Crippen molar-refractivity contribution in [3.8, 4) is 11.5 Å². The third-order valence-electron chi connectivity index (χ3n) is 4.53. The molecule has 0 aliphatic carbocycles. The fraction of sp³-hybridized carbons (Fsp3) is 0.143. The molecule has 4 aromatic heterocycles. The van der Waals surface area contributed by atoms with Crippen LogP contribution in [0.1, 0.15) is 5.56 Å². The molecule has 0 radical (unpaired) electrons. The van der Waals surface area contributed by atoms with Gasteiger partial charge in [0.15, 0.2) is 11.5 Å². The minimum Gasteiger partial charge on any atom is -0.493 e. The van der Waals surface area contributed by atoms with E-state index >= 15 is 0 Å². The maximum atomic E-state index is 6.05. The molecule has 0 saturated carbocycles. The number of halogens is 5. The van der Waals surface area contributed by atoms with Gasteiger partial charge in [-0.1, -0.05) is 40.9 Å². The van der Waals surface area contributed by atoms with Gasteiger partial charge in [-0.2, -0.15) is 0 Å². The van der Waals surface area contributed by atoms with Gasteiger partial charge >= 0.3 is 0 Å². The molecule has 7 nitrogen and oxygen atoms in total. The summed E-state index contributed by atoms with van der Waals surface area (Å²) in [5, 5.41) is 5.53. The second kappa shape index (κ2) is 11.5. The fourth-order valence-electron chi connectivity index (χ4n) is 3.01. The molecule has 0 spiro atoms. The zero-order valence-corrected chi connectivity index (χ0v) is 23.3. The number of ether oxygens (including phenoxy) is 2. The Kier molecular flexibility index (Phi) is 8.59. The SMILES string of the molecule is COc1ccc(CNc2nc(Cl)nc3sc(Cl)cc23)cc1OC.Clc1nc(Cl)c2cc(Cl)sc2n1. The lowest BCUT2D eigenvalue weighted by Gasteiger charge is -2.11. The van der Waals surface area contributed by atoms with Crippen molar-refractivity contribution < 1.29 is 9.47 Å². The first-order chi connectivity index (χ1) is 16.8. The lowest BCUT2D eigenvalue weighted by Crippen LogP contribution is -2.03. The van der Waals surface area contributed by atoms with E-state index in [1.54, 1.807) is 20.3 Å². The van der Waals surface area contributed by atoms with E-state index in [0.29, 0.717) is 42.5 Å². The maximum Gasteiger partial charge on any atom is 0.225 e. The molecule has 5 aromatic rings. The highest BCUT2D eigenvalue weighted by Gasteiger charge is 2.11. The molecule has 0 aliphatic rings. The number of methoxy groups -OCH3 is 2. The zero-order chi connectivity index (χ0) is 25.1. The van der Waals surface area contributed by atoms with Crippen LogP contribution >= 0.6 is 80.7 Å². The molecule has 1 N–H and O–H groups in total. The number of nitrogens with one attached hydrogen (secondary N) is 1. The molecule has 14 heteroatoms. The van der Waals surface area contributed by atoms with Crippen molar-refractivity contribution in [2.75, 3.05) is 19.5 Å². The predicted octanol–water partition coefficient (Wildman–Crippen LogP) is 8.28. The highest BCUT2D eigenvalue weighted by atomic mass is 35.5. The van der Waals surface area contributed by atoms with Crippen molar-refractivity contribution in [1.82, 2.24) is 19.9 Å². The average Bonchev–Trinajstić information content (AvgIpc) is 3.38. The lowest BCUT2D eigenvalue weighted by atomic mass is 10.2. The molecule has 1 aromatic carbocycles. The largest absolute Gasteiger partial charge is 0.493 e. The first-order valence-corrected chi connectivity index (χ1v) is 13.1. The Labute approximate surface area is 232 Å². The summed E-state index contributed by atoms with van der Waals surface area (Å²) in [4.78, 5) is 17.6. The highest BCUT2D eigenvalue weighted by Crippen LogP contribution is 2.34. The molecule has 0 bridgehead atoms. The van der Waals surface area contributed by atoms with E-state index in [9.17, 15) is 0 Å². The van der Waals surface area contributed by atoms with E-state index in [0.717, 1.165) is 21.2 Å². The Bertz CT molecular complexity index is 1510. The minimum atomic E-state index is 0.144. The summed E-state index contributed by atoms with van der Waals surface area (Å²) in [5.74, 6) is 2.02. The molecule has 0 fully saturated rings. The summed E-state index contributed by atoms with van der Waals surface area (Å²) < 4.78 is 11.8. The second-order valence-corrected chi connectivity index (χ2v) is 11.1. The summed E-state index contributed by atoms with van der Waals surface area (Å²) in [5.41, 5.74) is 1.02. The van der Waals surface area contributed by atoms with Gasteiger partial charge in [-0.15, -0.1) is 22.7 Å². The first kappa shape index (κ1) is 26.2. The minimum absolute atomic E-state index is 0.144. The van der Waals surface area contributed by atoms with Crippen LogP contribution in [0.15, 0.2) is 30.3 Å². The van der Waals surface area contributed by atoms with Gasteiger partial charge in [-0.25, -0.2) is 19.9 Å². The molecule has 0 atom stereocenters. The van der Waals surface area contributed by atoms with Gasteiger partial charge in [0, 0.05) is 6.54 Å². The lowest BCUT2D eigenvalue weighted by molar-refractivity contribution is 0.354. The van der Waals surface area contributed by atoms with Crippen molar-refractivity contribution in [1.29, 1.82) is 0 Å². The van der Waals surface area contributed by atoms with Crippen LogP contribution in [0.2, 0.25) is 24.4 Å². The molecule has 0 saturated heterocycles. The van der Waals surface area contributed by atoms with Gasteiger partial charge in [-0.05, 0) is 53.0 Å². The number of benzene rings is 1. The molecule has 0 unspecified atom stereocenters. The smallest absolute Gasteiger partial charge is 0.225 e. The zero-order valence-electron chi connectivity index (χ0n) is 17.9. The molecule has 182 valence electrons. The van der Waals surface area contributed by atoms with Crippen molar-refractivity contribution in [2.24, 2.45) is 0 Å². The number of thiophene rings is 2. The topological polar surface area (TPSA) is 82.0 Å². The van der Waals surface area contributed by atoms with Crippen LogP contribution in [0.4, 0.5) is 5.82 Å². The van der Waals surface area contributed by atoms with Gasteiger partial charge in [0.1, 0.15) is 20.6 Å². The fourth-order valence-corrected chi connectivity index (χ4v) is 5.95. The van der Waals surface area contributed by atoms with E-state index in [1.165, 1.54) is 22.7 Å². The maximum absolute atomic E-state index is 6.05. The van der Waals surface area contributed by atoms with E-state index in [2.05, 4.69) is 25.3 Å². The summed E-state index contributed by atoms with van der Waals surface area (Å²) in [6.45, 7) is 0.552. The third kappa shape index (κ3) is 6.29. The molecular formula is C21H14Cl5N5O2S2. The van der Waals surface area contributed by atoms with E-state index < -0.39 is 0 Å². The predicted molar refractivity (Wildman–Crippen MR) is 147 cm³/mol. The van der Waals surface area contributed by atoms with Gasteiger partial charge in [0.05, 0.1) is 33.7 Å². The quantitative estimate of drug-likeness (QED) is 0.159. The van der Waals surface area contributed by atoms with E-state index in [-0.39, 0.29) is 10.6 Å². The van der Waals surface area contributed by atoms with Crippen LogP contribution < -0.4 is 14.8 Å². The second-order valence-electron chi connectivity index (χ2n) is 6.71. The number of fused-ring (bicyclic) bond motifs is 2. The Balaban J connectivity index is 0.000000201. The number of hydrogen-bond donors (Lipinski definition) is 1. The number of rotatable bonds is 5. The molecule has 0 amide bonds. The van der Waals surface area contributed by atoms with Crippen LogP contribution in [-0.4, -0.2) is 34.2 Å². The number of hydrogen-bond acceptors (Lipinski definition) is 9. The average molecular weight is 610 g/mol. The molecule has 5 rings (SSSR count). The summed E-state index contributed by atoms with van der Waals surface area (Å²) in [7, 11) is 3.21. The summed E-state index contributed by atoms with van der Waals surface area (Å²) >= 11 is 31.8. The summed E-state index contributed by atoms with van der Waals surface area (Å²) in [6, 6.07) is 9.27. The van der Waals surface area contributed by atoms with E-state index in [1.807, 2.05) is 24.3 Å². The normalized spacial score (nSPS) is 10.8. The van der Waals surface area contributed by atoms with E-state index in [4.69, 9.17) is 67.5 Å². The molecular weight excluding hydrogens is 596 g/mol. The Morgan fingerprint density at radius 3 is 2.00 bits per heavy atom. The van der Waals surface area contributed by atoms with Gasteiger partial charge in [0.25, 0.3) is 0 Å². The van der Waals surface area contributed by atoms with Crippen LogP contribution in [-0.2, 0) is 6.54 Å². The third-order valence-corrected chi connectivity index (χ3v) is 7.47. The van der Waals surface area contributed by atoms with Crippen molar-refractivity contribution in [3.05, 3.63) is 60.3 Å². The van der Waals surface area contributed by atoms with Gasteiger partial charge in [0.2, 0.25) is 10.6 Å². The number of nitrogens with zero attached hydrogens (tertiary/aromatic N) is 4. The van der Waals surface area contributed by atoms with Crippen molar-refractivity contribution in [2.45, 2.75) is 6.54 Å². The van der Waals surface area contributed by atoms with Crippen LogP contribution in [0.25, 0.3) is 20.4 Å². The standard InChI is InChI=1S/C15H13Cl2N3O2S.C6HCl3N2S/c1-21-10-4-3-8(5-11(10)22-2)7-18-13-9-6-12(16)23-14(9)20-15(17)19-13;7-3-1-2-4(8)10-6(9)11-5(2)12-3/h3-6H,7H2,1-2H3,(H,18,19,20);1H. The van der Waals surface area contributed by atoms with Crippen molar-refractivity contribution in [3.63, 3.8) is 0 Å². The molecule has 0 aliphatic heterocycles. The summed E-state index contributed by atoms with van der Waals surface area (Å²) in [6.07, 6.45) is 0. The van der Waals surface area contributed by atoms with Crippen LogP contribution in [0.5, 0.6) is 11.5 Å².